The number of nitrogens with one attached hydrogen (secondary N) is 2. The number of aromatic nitrogens is 2. The summed E-state index contributed by atoms with van der Waals surface area (Å²) in [5, 5.41) is 6.05. The number of hydrogen-bond donors (Lipinski definition) is 2. The average Bonchev–Trinajstić information content (AvgIpc) is 2.99. The van der Waals surface area contributed by atoms with E-state index < -0.39 is 5.91 Å². The number of halogens is 1. The molecule has 2 amide bonds. The summed E-state index contributed by atoms with van der Waals surface area (Å²) in [5.74, 6) is -0.581. The Morgan fingerprint density at radius 1 is 1.16 bits per heavy atom. The Hall–Kier alpha value is -2.86. The number of nitrogens with zero attached hydrogens (tertiary/aromatic N) is 2. The molecule has 0 unspecified atom stereocenters. The first-order valence-electron chi connectivity index (χ1n) is 7.92. The molecular weight excluding hydrogens is 340 g/mol. The molecule has 3 aromatic rings. The topological polar surface area (TPSA) is 75.5 Å². The number of fused-ring (bicyclic) bond motifs is 1. The zero-order valence-electron chi connectivity index (χ0n) is 13.6. The summed E-state index contributed by atoms with van der Waals surface area (Å²) in [5.41, 5.74) is 1.36. The second-order valence-electron chi connectivity index (χ2n) is 5.46. The van der Waals surface area contributed by atoms with E-state index in [4.69, 9.17) is 11.6 Å². The van der Waals surface area contributed by atoms with Crippen molar-refractivity contribution in [3.05, 3.63) is 65.2 Å². The zero-order valence-corrected chi connectivity index (χ0v) is 14.4. The fraction of sp³-hybridized carbons (Fsp3) is 0.167. The summed E-state index contributed by atoms with van der Waals surface area (Å²) in [6.07, 6.45) is 2.52. The SMILES string of the molecule is CCCNC(=O)c1nc(C(=O)Nc2cccc(Cl)c2)n2ccccc12. The molecule has 6 nitrogen and oxygen atoms in total. The Bertz CT molecular complexity index is 936. The first-order chi connectivity index (χ1) is 12.1. The van der Waals surface area contributed by atoms with Crippen molar-refractivity contribution < 1.29 is 9.59 Å². The first-order valence-corrected chi connectivity index (χ1v) is 8.30. The van der Waals surface area contributed by atoms with E-state index in [9.17, 15) is 9.59 Å². The summed E-state index contributed by atoms with van der Waals surface area (Å²) in [7, 11) is 0. The van der Waals surface area contributed by atoms with Crippen molar-refractivity contribution in [1.82, 2.24) is 14.7 Å². The quantitative estimate of drug-likeness (QED) is 0.735. The summed E-state index contributed by atoms with van der Waals surface area (Å²) in [6.45, 7) is 2.52. The van der Waals surface area contributed by atoms with Crippen molar-refractivity contribution in [2.75, 3.05) is 11.9 Å². The van der Waals surface area contributed by atoms with E-state index in [0.717, 1.165) is 6.42 Å². The maximum atomic E-state index is 12.6. The van der Waals surface area contributed by atoms with Gasteiger partial charge in [-0.1, -0.05) is 30.7 Å². The molecule has 2 heterocycles. The van der Waals surface area contributed by atoms with E-state index in [1.54, 1.807) is 53.1 Å². The van der Waals surface area contributed by atoms with Crippen molar-refractivity contribution in [3.63, 3.8) is 0 Å². The molecule has 0 fully saturated rings. The molecule has 2 N–H and O–H groups in total. The molecule has 0 aliphatic rings. The number of anilines is 1. The lowest BCUT2D eigenvalue weighted by Crippen LogP contribution is -2.24. The van der Waals surface area contributed by atoms with Crippen LogP contribution < -0.4 is 10.6 Å². The largest absolute Gasteiger partial charge is 0.351 e. The summed E-state index contributed by atoms with van der Waals surface area (Å²) < 4.78 is 1.60. The van der Waals surface area contributed by atoms with Gasteiger partial charge in [0, 0.05) is 23.5 Å². The minimum absolute atomic E-state index is 0.136. The molecule has 0 aliphatic carbocycles. The molecule has 0 bridgehead atoms. The third-order valence-electron chi connectivity index (χ3n) is 3.58. The van der Waals surface area contributed by atoms with Gasteiger partial charge in [0.1, 0.15) is 0 Å². The van der Waals surface area contributed by atoms with E-state index in [1.165, 1.54) is 0 Å². The van der Waals surface area contributed by atoms with Gasteiger partial charge < -0.3 is 10.6 Å². The van der Waals surface area contributed by atoms with Gasteiger partial charge >= 0.3 is 0 Å². The van der Waals surface area contributed by atoms with Gasteiger partial charge in [-0.3, -0.25) is 14.0 Å². The fourth-order valence-corrected chi connectivity index (χ4v) is 2.63. The maximum Gasteiger partial charge on any atom is 0.292 e. The molecule has 0 radical (unpaired) electrons. The minimum atomic E-state index is -0.419. The van der Waals surface area contributed by atoms with Crippen LogP contribution in [-0.2, 0) is 0 Å². The molecular formula is C18H17ClN4O2. The number of amides is 2. The lowest BCUT2D eigenvalue weighted by molar-refractivity contribution is 0.0951. The van der Waals surface area contributed by atoms with E-state index >= 15 is 0 Å². The van der Waals surface area contributed by atoms with E-state index in [1.807, 2.05) is 6.92 Å². The number of carbonyl (C=O) groups is 2. The lowest BCUT2D eigenvalue weighted by atomic mass is 10.3. The van der Waals surface area contributed by atoms with Crippen LogP contribution in [0.1, 0.15) is 34.5 Å². The molecule has 1 aromatic carbocycles. The Labute approximate surface area is 149 Å². The van der Waals surface area contributed by atoms with E-state index in [-0.39, 0.29) is 17.4 Å². The maximum absolute atomic E-state index is 12.6. The number of hydrogen-bond acceptors (Lipinski definition) is 3. The van der Waals surface area contributed by atoms with Crippen LogP contribution in [0.15, 0.2) is 48.7 Å². The van der Waals surface area contributed by atoms with E-state index in [2.05, 4.69) is 15.6 Å². The normalized spacial score (nSPS) is 10.6. The Morgan fingerprint density at radius 3 is 2.76 bits per heavy atom. The summed E-state index contributed by atoms with van der Waals surface area (Å²) in [6, 6.07) is 12.2. The lowest BCUT2D eigenvalue weighted by Gasteiger charge is -2.04. The van der Waals surface area contributed by atoms with Crippen LogP contribution in [0, 0.1) is 0 Å². The standard InChI is InChI=1S/C18H17ClN4O2/c1-2-9-20-17(24)15-14-8-3-4-10-23(14)16(22-15)18(25)21-13-7-5-6-12(19)11-13/h3-8,10-11H,2,9H2,1H3,(H,20,24)(H,21,25). The smallest absolute Gasteiger partial charge is 0.292 e. The molecule has 0 aliphatic heterocycles. The van der Waals surface area contributed by atoms with Crippen molar-refractivity contribution >= 4 is 34.6 Å². The van der Waals surface area contributed by atoms with Crippen LogP contribution >= 0.6 is 11.6 Å². The number of rotatable bonds is 5. The third kappa shape index (κ3) is 3.64. The average molecular weight is 357 g/mol. The molecule has 0 spiro atoms. The predicted molar refractivity (Wildman–Crippen MR) is 97.2 cm³/mol. The zero-order chi connectivity index (χ0) is 17.8. The van der Waals surface area contributed by atoms with Crippen molar-refractivity contribution in [2.24, 2.45) is 0 Å². The first kappa shape index (κ1) is 17.0. The van der Waals surface area contributed by atoms with Crippen LogP contribution in [0.25, 0.3) is 5.52 Å². The van der Waals surface area contributed by atoms with Crippen LogP contribution in [0.5, 0.6) is 0 Å². The van der Waals surface area contributed by atoms with Crippen molar-refractivity contribution in [1.29, 1.82) is 0 Å². The number of imidazole rings is 1. The molecule has 7 heteroatoms. The third-order valence-corrected chi connectivity index (χ3v) is 3.82. The van der Waals surface area contributed by atoms with Crippen molar-refractivity contribution in [3.8, 4) is 0 Å². The monoisotopic (exact) mass is 356 g/mol. The Balaban J connectivity index is 1.96. The van der Waals surface area contributed by atoms with Gasteiger partial charge in [0.15, 0.2) is 5.69 Å². The molecule has 0 saturated carbocycles. The molecule has 25 heavy (non-hydrogen) atoms. The van der Waals surface area contributed by atoms with Crippen LogP contribution in [0.4, 0.5) is 5.69 Å². The fourth-order valence-electron chi connectivity index (χ4n) is 2.44. The number of benzene rings is 1. The highest BCUT2D eigenvalue weighted by Gasteiger charge is 2.21. The van der Waals surface area contributed by atoms with Gasteiger partial charge in [-0.15, -0.1) is 0 Å². The second-order valence-corrected chi connectivity index (χ2v) is 5.90. The van der Waals surface area contributed by atoms with Gasteiger partial charge in [0.2, 0.25) is 5.82 Å². The van der Waals surface area contributed by atoms with Gasteiger partial charge in [0.05, 0.1) is 5.52 Å². The highest BCUT2D eigenvalue weighted by Crippen LogP contribution is 2.18. The molecule has 0 saturated heterocycles. The van der Waals surface area contributed by atoms with E-state index in [0.29, 0.717) is 22.8 Å². The summed E-state index contributed by atoms with van der Waals surface area (Å²) >= 11 is 5.94. The van der Waals surface area contributed by atoms with Gasteiger partial charge in [0.25, 0.3) is 11.8 Å². The van der Waals surface area contributed by atoms with Crippen LogP contribution in [-0.4, -0.2) is 27.7 Å². The Kier molecular flexibility index (Phi) is 5.00. The number of carbonyl (C=O) groups excluding carboxylic acids is 2. The highest BCUT2D eigenvalue weighted by atomic mass is 35.5. The van der Waals surface area contributed by atoms with Crippen molar-refractivity contribution in [2.45, 2.75) is 13.3 Å². The molecule has 128 valence electrons. The second kappa shape index (κ2) is 7.36. The minimum Gasteiger partial charge on any atom is -0.351 e. The van der Waals surface area contributed by atoms with Gasteiger partial charge in [-0.05, 0) is 36.8 Å². The highest BCUT2D eigenvalue weighted by molar-refractivity contribution is 6.30. The van der Waals surface area contributed by atoms with Gasteiger partial charge in [-0.2, -0.15) is 0 Å². The molecule has 2 aromatic heterocycles. The Morgan fingerprint density at radius 2 is 2.00 bits per heavy atom. The number of pyridine rings is 1. The summed E-state index contributed by atoms with van der Waals surface area (Å²) in [4.78, 5) is 29.2. The van der Waals surface area contributed by atoms with Crippen LogP contribution in [0.3, 0.4) is 0 Å². The molecule has 0 atom stereocenters. The molecule has 3 rings (SSSR count). The predicted octanol–water partition coefficient (Wildman–Crippen LogP) is 3.38. The van der Waals surface area contributed by atoms with Crippen LogP contribution in [0.2, 0.25) is 5.02 Å². The van der Waals surface area contributed by atoms with Gasteiger partial charge in [-0.25, -0.2) is 4.98 Å².